The highest BCUT2D eigenvalue weighted by atomic mass is 16.5. The number of rotatable bonds is 7. The third-order valence-corrected chi connectivity index (χ3v) is 5.18. The predicted octanol–water partition coefficient (Wildman–Crippen LogP) is 2.77. The summed E-state index contributed by atoms with van der Waals surface area (Å²) >= 11 is 0. The number of benzene rings is 1. The van der Waals surface area contributed by atoms with Gasteiger partial charge in [-0.3, -0.25) is 14.6 Å². The Hall–Kier alpha value is -3.19. The molecule has 0 unspecified atom stereocenters. The van der Waals surface area contributed by atoms with Gasteiger partial charge in [-0.2, -0.15) is 0 Å². The van der Waals surface area contributed by atoms with Crippen LogP contribution in [0.25, 0.3) is 5.76 Å². The maximum atomic E-state index is 12.9. The highest BCUT2D eigenvalue weighted by Crippen LogP contribution is 2.39. The molecule has 30 heavy (non-hydrogen) atoms. The number of aryl methyl sites for hydroxylation is 1. The van der Waals surface area contributed by atoms with Crippen LogP contribution in [0.4, 0.5) is 0 Å². The fraction of sp³-hybridized carbons (Fsp3) is 0.348. The van der Waals surface area contributed by atoms with E-state index in [9.17, 15) is 14.7 Å². The van der Waals surface area contributed by atoms with E-state index in [1.807, 2.05) is 25.9 Å². The van der Waals surface area contributed by atoms with Crippen molar-refractivity contribution in [2.24, 2.45) is 0 Å². The van der Waals surface area contributed by atoms with Crippen LogP contribution >= 0.6 is 0 Å². The molecule has 1 amide bonds. The Balaban J connectivity index is 2.08. The lowest BCUT2D eigenvalue weighted by Gasteiger charge is -2.25. The summed E-state index contributed by atoms with van der Waals surface area (Å²) in [7, 11) is 5.48. The van der Waals surface area contributed by atoms with Crippen molar-refractivity contribution in [1.29, 1.82) is 0 Å². The van der Waals surface area contributed by atoms with Crippen molar-refractivity contribution in [3.05, 3.63) is 65.0 Å². The molecule has 0 radical (unpaired) electrons. The summed E-state index contributed by atoms with van der Waals surface area (Å²) in [6, 6.07) is 9.76. The topological polar surface area (TPSA) is 83.0 Å². The molecule has 1 aliphatic rings. The molecule has 0 bridgehead atoms. The highest BCUT2D eigenvalue weighted by molar-refractivity contribution is 6.46. The van der Waals surface area contributed by atoms with Crippen LogP contribution in [0.2, 0.25) is 0 Å². The Morgan fingerprint density at radius 2 is 2.00 bits per heavy atom. The molecule has 2 heterocycles. The number of likely N-dealkylation sites (tertiary alicyclic amines) is 1. The molecule has 1 aromatic carbocycles. The normalized spacial score (nSPS) is 18.3. The van der Waals surface area contributed by atoms with Crippen LogP contribution in [0, 0.1) is 6.92 Å². The van der Waals surface area contributed by atoms with Crippen LogP contribution in [0.3, 0.4) is 0 Å². The summed E-state index contributed by atoms with van der Waals surface area (Å²) in [6.45, 7) is 3.02. The van der Waals surface area contributed by atoms with Gasteiger partial charge in [0.15, 0.2) is 0 Å². The highest BCUT2D eigenvalue weighted by Gasteiger charge is 2.46. The van der Waals surface area contributed by atoms with E-state index >= 15 is 0 Å². The Bertz CT molecular complexity index is 970. The Morgan fingerprint density at radius 3 is 2.60 bits per heavy atom. The van der Waals surface area contributed by atoms with Crippen LogP contribution in [0.5, 0.6) is 5.75 Å². The average molecular weight is 409 g/mol. The number of aromatic nitrogens is 1. The first-order valence-corrected chi connectivity index (χ1v) is 9.84. The second-order valence-corrected chi connectivity index (χ2v) is 7.59. The van der Waals surface area contributed by atoms with E-state index in [-0.39, 0.29) is 11.3 Å². The largest absolute Gasteiger partial charge is 0.507 e. The minimum absolute atomic E-state index is 0.0631. The van der Waals surface area contributed by atoms with Gasteiger partial charge < -0.3 is 19.6 Å². The molecule has 0 aliphatic carbocycles. The fourth-order valence-corrected chi connectivity index (χ4v) is 3.69. The summed E-state index contributed by atoms with van der Waals surface area (Å²) < 4.78 is 5.27. The zero-order valence-corrected chi connectivity index (χ0v) is 17.8. The number of methoxy groups -OCH3 is 1. The monoisotopic (exact) mass is 409 g/mol. The number of hydrogen-bond donors (Lipinski definition) is 1. The lowest BCUT2D eigenvalue weighted by molar-refractivity contribution is -0.140. The number of Topliss-reactive ketones (excluding diaryl/α,β-unsaturated/α-hetero) is 1. The van der Waals surface area contributed by atoms with Gasteiger partial charge in [-0.1, -0.05) is 6.07 Å². The Labute approximate surface area is 176 Å². The number of carbonyl (C=O) groups is 2. The van der Waals surface area contributed by atoms with Crippen LogP contribution in [-0.2, 0) is 9.59 Å². The molecule has 1 N–H and O–H groups in total. The number of aliphatic hydroxyl groups is 1. The smallest absolute Gasteiger partial charge is 0.295 e. The molecule has 1 fully saturated rings. The first kappa shape index (κ1) is 21.5. The fourth-order valence-electron chi connectivity index (χ4n) is 3.69. The van der Waals surface area contributed by atoms with Gasteiger partial charge in [-0.25, -0.2) is 0 Å². The molecule has 3 rings (SSSR count). The summed E-state index contributed by atoms with van der Waals surface area (Å²) in [4.78, 5) is 33.7. The van der Waals surface area contributed by atoms with Crippen molar-refractivity contribution in [3.63, 3.8) is 0 Å². The standard InChI is InChI=1S/C23H27N3O4/c1-15-14-16(9-10-18(15)30-4)21(27)19-20(17-8-5-6-11-24-17)26(23(29)22(19)28)13-7-12-25(2)3/h5-6,8-11,14,20,27H,7,12-13H2,1-4H3/b21-19+/t20-/m1/s1. The van der Waals surface area contributed by atoms with Crippen molar-refractivity contribution in [3.8, 4) is 5.75 Å². The van der Waals surface area contributed by atoms with E-state index in [0.717, 1.165) is 12.1 Å². The predicted molar refractivity (Wildman–Crippen MR) is 114 cm³/mol. The molecule has 0 spiro atoms. The number of ketones is 1. The minimum atomic E-state index is -0.726. The molecule has 7 heteroatoms. The first-order valence-electron chi connectivity index (χ1n) is 9.84. The molecular weight excluding hydrogens is 382 g/mol. The number of hydrogen-bond acceptors (Lipinski definition) is 6. The van der Waals surface area contributed by atoms with E-state index in [4.69, 9.17) is 4.74 Å². The lowest BCUT2D eigenvalue weighted by Crippen LogP contribution is -2.32. The second-order valence-electron chi connectivity index (χ2n) is 7.59. The third kappa shape index (κ3) is 4.21. The van der Waals surface area contributed by atoms with Gasteiger partial charge in [-0.15, -0.1) is 0 Å². The van der Waals surface area contributed by atoms with Gasteiger partial charge in [0.05, 0.1) is 18.4 Å². The zero-order chi connectivity index (χ0) is 21.8. The van der Waals surface area contributed by atoms with Gasteiger partial charge in [0.1, 0.15) is 17.6 Å². The number of ether oxygens (including phenoxy) is 1. The van der Waals surface area contributed by atoms with Crippen LogP contribution in [-0.4, -0.2) is 65.9 Å². The maximum absolute atomic E-state index is 12.9. The van der Waals surface area contributed by atoms with Gasteiger partial charge in [-0.05, 0) is 69.9 Å². The average Bonchev–Trinajstić information content (AvgIpc) is 2.98. The molecule has 7 nitrogen and oxygen atoms in total. The van der Waals surface area contributed by atoms with Crippen LogP contribution in [0.1, 0.15) is 29.3 Å². The minimum Gasteiger partial charge on any atom is -0.507 e. The van der Waals surface area contributed by atoms with Gasteiger partial charge >= 0.3 is 0 Å². The lowest BCUT2D eigenvalue weighted by atomic mass is 9.97. The number of aliphatic hydroxyl groups excluding tert-OH is 1. The molecule has 1 saturated heterocycles. The maximum Gasteiger partial charge on any atom is 0.295 e. The quantitative estimate of drug-likeness (QED) is 0.430. The molecule has 2 aromatic rings. The van der Waals surface area contributed by atoms with Gasteiger partial charge in [0, 0.05) is 18.3 Å². The molecule has 0 saturated carbocycles. The van der Waals surface area contributed by atoms with E-state index in [1.165, 1.54) is 4.90 Å². The van der Waals surface area contributed by atoms with Gasteiger partial charge in [0.2, 0.25) is 0 Å². The van der Waals surface area contributed by atoms with Crippen molar-refractivity contribution in [2.75, 3.05) is 34.3 Å². The second kappa shape index (κ2) is 9.09. The summed E-state index contributed by atoms with van der Waals surface area (Å²) in [5, 5.41) is 11.1. The molecule has 1 atom stereocenters. The van der Waals surface area contributed by atoms with Crippen LogP contribution < -0.4 is 4.74 Å². The van der Waals surface area contributed by atoms with E-state index in [2.05, 4.69) is 4.98 Å². The number of amides is 1. The zero-order valence-electron chi connectivity index (χ0n) is 17.8. The molecular formula is C23H27N3O4. The molecule has 158 valence electrons. The third-order valence-electron chi connectivity index (χ3n) is 5.18. The van der Waals surface area contributed by atoms with Crippen molar-refractivity contribution in [1.82, 2.24) is 14.8 Å². The van der Waals surface area contributed by atoms with Gasteiger partial charge in [0.25, 0.3) is 11.7 Å². The number of carbonyl (C=O) groups excluding carboxylic acids is 2. The van der Waals surface area contributed by atoms with E-state index in [1.54, 1.807) is 49.7 Å². The van der Waals surface area contributed by atoms with E-state index < -0.39 is 17.7 Å². The van der Waals surface area contributed by atoms with E-state index in [0.29, 0.717) is 30.0 Å². The SMILES string of the molecule is COc1ccc(/C(O)=C2\C(=O)C(=O)N(CCCN(C)C)[C@@H]2c2ccccn2)cc1C. The summed E-state index contributed by atoms with van der Waals surface area (Å²) in [6.07, 6.45) is 2.32. The Kier molecular flexibility index (Phi) is 6.52. The summed E-state index contributed by atoms with van der Waals surface area (Å²) in [5.41, 5.74) is 1.89. The number of pyridine rings is 1. The summed E-state index contributed by atoms with van der Waals surface area (Å²) in [5.74, 6) is -0.834. The first-order chi connectivity index (χ1) is 14.3. The van der Waals surface area contributed by atoms with Crippen molar-refractivity contribution < 1.29 is 19.4 Å². The number of nitrogens with zero attached hydrogens (tertiary/aromatic N) is 3. The van der Waals surface area contributed by atoms with Crippen molar-refractivity contribution >= 4 is 17.4 Å². The Morgan fingerprint density at radius 1 is 1.23 bits per heavy atom. The van der Waals surface area contributed by atoms with Crippen molar-refractivity contribution in [2.45, 2.75) is 19.4 Å². The molecule has 1 aliphatic heterocycles. The van der Waals surface area contributed by atoms with Crippen LogP contribution in [0.15, 0.2) is 48.2 Å². The molecule has 1 aromatic heterocycles.